The summed E-state index contributed by atoms with van der Waals surface area (Å²) in [5.41, 5.74) is 1.36. The molecule has 1 aromatic heterocycles. The largest absolute Gasteiger partial charge is 0.356 e. The van der Waals surface area contributed by atoms with E-state index in [1.165, 1.54) is 23.4 Å². The van der Waals surface area contributed by atoms with Gasteiger partial charge in [0.25, 0.3) is 0 Å². The van der Waals surface area contributed by atoms with Crippen LogP contribution in [0.5, 0.6) is 0 Å². The molecule has 0 aliphatic heterocycles. The molecule has 8 nitrogen and oxygen atoms in total. The van der Waals surface area contributed by atoms with E-state index in [1.54, 1.807) is 18.2 Å². The number of tetrazole rings is 1. The number of hydrogen-bond acceptors (Lipinski definition) is 6. The van der Waals surface area contributed by atoms with Crippen LogP contribution in [0, 0.1) is 0 Å². The average molecular weight is 320 g/mol. The van der Waals surface area contributed by atoms with E-state index in [4.69, 9.17) is 0 Å². The van der Waals surface area contributed by atoms with E-state index in [-0.39, 0.29) is 17.6 Å². The Balaban J connectivity index is 2.14. The third-order valence-electron chi connectivity index (χ3n) is 2.56. The third kappa shape index (κ3) is 4.29. The van der Waals surface area contributed by atoms with Crippen LogP contribution in [0.1, 0.15) is 13.8 Å². The van der Waals surface area contributed by atoms with Gasteiger partial charge in [0, 0.05) is 19.2 Å². The second kappa shape index (κ2) is 7.55. The minimum Gasteiger partial charge on any atom is -0.356 e. The molecule has 0 aliphatic rings. The Bertz CT molecular complexity index is 672. The zero-order chi connectivity index (χ0) is 15.9. The SMILES string of the molecule is CCNC(=O)CSc1nnnn1-c1cccc(NC(C)=O)c1. The van der Waals surface area contributed by atoms with Crippen molar-refractivity contribution in [1.29, 1.82) is 0 Å². The van der Waals surface area contributed by atoms with E-state index < -0.39 is 0 Å². The van der Waals surface area contributed by atoms with E-state index in [9.17, 15) is 9.59 Å². The number of anilines is 1. The average Bonchev–Trinajstić information content (AvgIpc) is 2.93. The number of hydrogen-bond donors (Lipinski definition) is 2. The lowest BCUT2D eigenvalue weighted by Crippen LogP contribution is -2.24. The molecule has 0 radical (unpaired) electrons. The number of carbonyl (C=O) groups is 2. The number of amides is 2. The predicted molar refractivity (Wildman–Crippen MR) is 82.9 cm³/mol. The number of nitrogens with one attached hydrogen (secondary N) is 2. The van der Waals surface area contributed by atoms with E-state index in [0.29, 0.717) is 23.1 Å². The molecule has 9 heteroatoms. The van der Waals surface area contributed by atoms with Gasteiger partial charge in [0.15, 0.2) is 0 Å². The van der Waals surface area contributed by atoms with E-state index in [1.807, 2.05) is 13.0 Å². The van der Waals surface area contributed by atoms with Gasteiger partial charge in [-0.1, -0.05) is 17.8 Å². The molecule has 0 fully saturated rings. The zero-order valence-electron chi connectivity index (χ0n) is 12.2. The van der Waals surface area contributed by atoms with Crippen molar-refractivity contribution in [3.05, 3.63) is 24.3 Å². The van der Waals surface area contributed by atoms with Crippen molar-refractivity contribution in [2.75, 3.05) is 17.6 Å². The van der Waals surface area contributed by atoms with E-state index >= 15 is 0 Å². The van der Waals surface area contributed by atoms with Gasteiger partial charge < -0.3 is 10.6 Å². The molecule has 0 atom stereocenters. The van der Waals surface area contributed by atoms with Crippen molar-refractivity contribution in [3.8, 4) is 5.69 Å². The third-order valence-corrected chi connectivity index (χ3v) is 3.48. The Kier molecular flexibility index (Phi) is 5.48. The summed E-state index contributed by atoms with van der Waals surface area (Å²) in [6.07, 6.45) is 0. The van der Waals surface area contributed by atoms with Gasteiger partial charge in [-0.15, -0.1) is 5.10 Å². The van der Waals surface area contributed by atoms with Crippen LogP contribution in [0.4, 0.5) is 5.69 Å². The number of benzene rings is 1. The summed E-state index contributed by atoms with van der Waals surface area (Å²) in [7, 11) is 0. The van der Waals surface area contributed by atoms with Gasteiger partial charge in [-0.25, -0.2) is 0 Å². The summed E-state index contributed by atoms with van der Waals surface area (Å²) in [6.45, 7) is 3.89. The number of aromatic nitrogens is 4. The fourth-order valence-corrected chi connectivity index (χ4v) is 2.45. The van der Waals surface area contributed by atoms with Gasteiger partial charge in [-0.3, -0.25) is 9.59 Å². The van der Waals surface area contributed by atoms with Crippen LogP contribution in [-0.4, -0.2) is 44.3 Å². The summed E-state index contributed by atoms with van der Waals surface area (Å²) >= 11 is 1.24. The van der Waals surface area contributed by atoms with Crippen molar-refractivity contribution in [2.45, 2.75) is 19.0 Å². The smallest absolute Gasteiger partial charge is 0.230 e. The molecule has 0 aliphatic carbocycles. The Morgan fingerprint density at radius 2 is 2.18 bits per heavy atom. The van der Waals surface area contributed by atoms with Crippen LogP contribution in [0.2, 0.25) is 0 Å². The minimum atomic E-state index is -0.153. The zero-order valence-corrected chi connectivity index (χ0v) is 13.1. The van der Waals surface area contributed by atoms with Gasteiger partial charge in [0.1, 0.15) is 0 Å². The first kappa shape index (κ1) is 16.0. The summed E-state index contributed by atoms with van der Waals surface area (Å²) < 4.78 is 1.52. The second-order valence-corrected chi connectivity index (χ2v) is 5.29. The molecule has 0 saturated carbocycles. The Labute approximate surface area is 131 Å². The first-order chi connectivity index (χ1) is 10.6. The lowest BCUT2D eigenvalue weighted by Gasteiger charge is -2.07. The minimum absolute atomic E-state index is 0.0750. The maximum atomic E-state index is 11.5. The molecule has 0 saturated heterocycles. The highest BCUT2D eigenvalue weighted by atomic mass is 32.2. The molecule has 0 unspecified atom stereocenters. The molecular formula is C13H16N6O2S. The quantitative estimate of drug-likeness (QED) is 0.765. The summed E-state index contributed by atoms with van der Waals surface area (Å²) in [5.74, 6) is 0.00770. The molecule has 2 amide bonds. The number of carbonyl (C=O) groups excluding carboxylic acids is 2. The highest BCUT2D eigenvalue weighted by molar-refractivity contribution is 7.99. The van der Waals surface area contributed by atoms with Gasteiger partial charge >= 0.3 is 0 Å². The Morgan fingerprint density at radius 3 is 2.91 bits per heavy atom. The maximum absolute atomic E-state index is 11.5. The molecule has 1 heterocycles. The van der Waals surface area contributed by atoms with Crippen LogP contribution >= 0.6 is 11.8 Å². The summed E-state index contributed by atoms with van der Waals surface area (Å²) in [4.78, 5) is 22.6. The fraction of sp³-hybridized carbons (Fsp3) is 0.308. The van der Waals surface area contributed by atoms with Crippen LogP contribution in [0.25, 0.3) is 5.69 Å². The predicted octanol–water partition coefficient (Wildman–Crippen LogP) is 0.849. The van der Waals surface area contributed by atoms with Gasteiger partial charge in [0.2, 0.25) is 17.0 Å². The standard InChI is InChI=1S/C13H16N6O2S/c1-3-14-12(21)8-22-13-16-17-18-19(13)11-6-4-5-10(7-11)15-9(2)20/h4-7H,3,8H2,1-2H3,(H,14,21)(H,15,20). The molecule has 2 aromatic rings. The topological polar surface area (TPSA) is 102 Å². The highest BCUT2D eigenvalue weighted by Gasteiger charge is 2.11. The Morgan fingerprint density at radius 1 is 1.36 bits per heavy atom. The lowest BCUT2D eigenvalue weighted by atomic mass is 10.3. The molecule has 22 heavy (non-hydrogen) atoms. The molecule has 0 spiro atoms. The van der Waals surface area contributed by atoms with E-state index in [0.717, 1.165) is 0 Å². The highest BCUT2D eigenvalue weighted by Crippen LogP contribution is 2.20. The fourth-order valence-electron chi connectivity index (χ4n) is 1.73. The first-order valence-electron chi connectivity index (χ1n) is 6.66. The van der Waals surface area contributed by atoms with Crippen molar-refractivity contribution in [3.63, 3.8) is 0 Å². The van der Waals surface area contributed by atoms with Gasteiger partial charge in [-0.05, 0) is 35.5 Å². The Hall–Kier alpha value is -2.42. The summed E-state index contributed by atoms with van der Waals surface area (Å²) in [6, 6.07) is 7.14. The van der Waals surface area contributed by atoms with Crippen LogP contribution in [0.3, 0.4) is 0 Å². The maximum Gasteiger partial charge on any atom is 0.230 e. The lowest BCUT2D eigenvalue weighted by molar-refractivity contribution is -0.118. The molecule has 1 aromatic carbocycles. The number of rotatable bonds is 6. The second-order valence-electron chi connectivity index (χ2n) is 4.35. The van der Waals surface area contributed by atoms with Gasteiger partial charge in [0.05, 0.1) is 11.4 Å². The monoisotopic (exact) mass is 320 g/mol. The molecule has 116 valence electrons. The molecular weight excluding hydrogens is 304 g/mol. The van der Waals surface area contributed by atoms with Gasteiger partial charge in [-0.2, -0.15) is 4.68 Å². The van der Waals surface area contributed by atoms with Crippen LogP contribution in [0.15, 0.2) is 29.4 Å². The summed E-state index contributed by atoms with van der Waals surface area (Å²) in [5, 5.41) is 17.4. The molecule has 2 rings (SSSR count). The van der Waals surface area contributed by atoms with Crippen molar-refractivity contribution < 1.29 is 9.59 Å². The van der Waals surface area contributed by atoms with Crippen LogP contribution < -0.4 is 10.6 Å². The first-order valence-corrected chi connectivity index (χ1v) is 7.64. The number of nitrogens with zero attached hydrogens (tertiary/aromatic N) is 4. The molecule has 0 bridgehead atoms. The normalized spacial score (nSPS) is 10.3. The number of thioether (sulfide) groups is 1. The van der Waals surface area contributed by atoms with Crippen molar-refractivity contribution in [2.24, 2.45) is 0 Å². The van der Waals surface area contributed by atoms with Crippen molar-refractivity contribution >= 4 is 29.3 Å². The van der Waals surface area contributed by atoms with E-state index in [2.05, 4.69) is 26.2 Å². The molecule has 2 N–H and O–H groups in total. The van der Waals surface area contributed by atoms with Crippen molar-refractivity contribution in [1.82, 2.24) is 25.5 Å². The van der Waals surface area contributed by atoms with Crippen LogP contribution in [-0.2, 0) is 9.59 Å².